The molecule has 0 aliphatic carbocycles. The van der Waals surface area contributed by atoms with Crippen LogP contribution in [0.2, 0.25) is 0 Å². The van der Waals surface area contributed by atoms with Crippen molar-refractivity contribution in [3.05, 3.63) is 29.8 Å². The Morgan fingerprint density at radius 1 is 1.24 bits per heavy atom. The summed E-state index contributed by atoms with van der Waals surface area (Å²) in [5.74, 6) is -0.152. The minimum absolute atomic E-state index is 0.0160. The van der Waals surface area contributed by atoms with Crippen molar-refractivity contribution in [2.75, 3.05) is 26.7 Å². The first kappa shape index (κ1) is 17.4. The van der Waals surface area contributed by atoms with Crippen LogP contribution in [0.4, 0.5) is 13.6 Å². The molecule has 1 aromatic carbocycles. The van der Waals surface area contributed by atoms with Crippen molar-refractivity contribution in [1.82, 2.24) is 9.80 Å². The lowest BCUT2D eigenvalue weighted by Crippen LogP contribution is -2.36. The Labute approximate surface area is 144 Å². The Hall–Kier alpha value is -2.38. The molecule has 0 aromatic heterocycles. The first-order valence-electron chi connectivity index (χ1n) is 8.17. The molecule has 1 aromatic rings. The lowest BCUT2D eigenvalue weighted by atomic mass is 9.95. The molecule has 2 aliphatic heterocycles. The summed E-state index contributed by atoms with van der Waals surface area (Å²) in [6.45, 7) is -1.31. The van der Waals surface area contributed by atoms with E-state index in [-0.39, 0.29) is 17.7 Å². The van der Waals surface area contributed by atoms with Crippen LogP contribution in [-0.2, 0) is 4.74 Å². The molecule has 0 saturated carbocycles. The van der Waals surface area contributed by atoms with Crippen molar-refractivity contribution in [2.24, 2.45) is 0 Å². The fourth-order valence-corrected chi connectivity index (χ4v) is 3.38. The predicted molar refractivity (Wildman–Crippen MR) is 84.7 cm³/mol. The maximum Gasteiger partial charge on any atom is 0.410 e. The summed E-state index contributed by atoms with van der Waals surface area (Å²) < 4.78 is 34.2. The highest BCUT2D eigenvalue weighted by Gasteiger charge is 2.44. The zero-order valence-electron chi connectivity index (χ0n) is 13.9. The van der Waals surface area contributed by atoms with Gasteiger partial charge in [-0.05, 0) is 37.1 Å². The van der Waals surface area contributed by atoms with Crippen LogP contribution in [0.3, 0.4) is 0 Å². The van der Waals surface area contributed by atoms with E-state index in [0.717, 1.165) is 6.42 Å². The van der Waals surface area contributed by atoms with Crippen LogP contribution < -0.4 is 4.74 Å². The molecule has 136 valence electrons. The van der Waals surface area contributed by atoms with Gasteiger partial charge in [-0.15, -0.1) is 0 Å². The molecule has 3 rings (SSSR count). The third-order valence-corrected chi connectivity index (χ3v) is 4.65. The van der Waals surface area contributed by atoms with E-state index in [0.29, 0.717) is 38.0 Å². The SMILES string of the molecule is CN1C[C@]2(CCCN(C(=O)c3ccc(OC(F)F)cc3)CC2)OC1=O. The molecule has 25 heavy (non-hydrogen) atoms. The number of carbonyl (C=O) groups excluding carboxylic acids is 2. The van der Waals surface area contributed by atoms with Crippen molar-refractivity contribution >= 4 is 12.0 Å². The Morgan fingerprint density at radius 3 is 2.56 bits per heavy atom. The minimum Gasteiger partial charge on any atom is -0.441 e. The largest absolute Gasteiger partial charge is 0.441 e. The van der Waals surface area contributed by atoms with Gasteiger partial charge in [-0.25, -0.2) is 4.79 Å². The molecule has 1 atom stereocenters. The number of likely N-dealkylation sites (tertiary alicyclic amines) is 1. The Kier molecular flexibility index (Phi) is 4.78. The van der Waals surface area contributed by atoms with Gasteiger partial charge in [0.2, 0.25) is 0 Å². The number of nitrogens with zero attached hydrogens (tertiary/aromatic N) is 2. The van der Waals surface area contributed by atoms with Crippen molar-refractivity contribution in [2.45, 2.75) is 31.5 Å². The maximum atomic E-state index is 12.6. The van der Waals surface area contributed by atoms with Gasteiger partial charge in [0.1, 0.15) is 11.4 Å². The molecule has 8 heteroatoms. The molecule has 2 amide bonds. The summed E-state index contributed by atoms with van der Waals surface area (Å²) in [5.41, 5.74) is -0.103. The second-order valence-electron chi connectivity index (χ2n) is 6.46. The van der Waals surface area contributed by atoms with Crippen LogP contribution in [0.5, 0.6) is 5.75 Å². The molecule has 1 spiro atoms. The van der Waals surface area contributed by atoms with E-state index in [2.05, 4.69) is 4.74 Å². The normalized spacial score (nSPS) is 23.8. The first-order chi connectivity index (χ1) is 11.9. The van der Waals surface area contributed by atoms with Gasteiger partial charge in [-0.3, -0.25) is 4.79 Å². The van der Waals surface area contributed by atoms with E-state index in [1.54, 1.807) is 16.8 Å². The fourth-order valence-electron chi connectivity index (χ4n) is 3.38. The van der Waals surface area contributed by atoms with Crippen molar-refractivity contribution in [1.29, 1.82) is 0 Å². The summed E-state index contributed by atoms with van der Waals surface area (Å²) in [6, 6.07) is 5.66. The molecular formula is C17H20F2N2O4. The topological polar surface area (TPSA) is 59.1 Å². The summed E-state index contributed by atoms with van der Waals surface area (Å²) in [4.78, 5) is 27.6. The molecule has 2 aliphatic rings. The Bertz CT molecular complexity index is 653. The second kappa shape index (κ2) is 6.85. The summed E-state index contributed by atoms with van der Waals surface area (Å²) in [7, 11) is 1.70. The van der Waals surface area contributed by atoms with E-state index in [4.69, 9.17) is 4.74 Å². The molecule has 6 nitrogen and oxygen atoms in total. The second-order valence-corrected chi connectivity index (χ2v) is 6.46. The molecule has 2 fully saturated rings. The Balaban J connectivity index is 1.64. The minimum atomic E-state index is -2.89. The van der Waals surface area contributed by atoms with Crippen molar-refractivity contribution in [3.63, 3.8) is 0 Å². The molecule has 2 saturated heterocycles. The number of ether oxygens (including phenoxy) is 2. The summed E-state index contributed by atoms with van der Waals surface area (Å²) in [6.07, 6.45) is 1.71. The van der Waals surface area contributed by atoms with Gasteiger partial charge in [0, 0.05) is 32.1 Å². The van der Waals surface area contributed by atoms with Gasteiger partial charge >= 0.3 is 12.7 Å². The lowest BCUT2D eigenvalue weighted by Gasteiger charge is -2.25. The van der Waals surface area contributed by atoms with E-state index in [1.807, 2.05) is 0 Å². The molecule has 2 heterocycles. The van der Waals surface area contributed by atoms with E-state index in [1.165, 1.54) is 24.3 Å². The average Bonchev–Trinajstić information content (AvgIpc) is 2.72. The van der Waals surface area contributed by atoms with Crippen LogP contribution in [0.15, 0.2) is 24.3 Å². The first-order valence-corrected chi connectivity index (χ1v) is 8.17. The van der Waals surface area contributed by atoms with Gasteiger partial charge in [0.25, 0.3) is 5.91 Å². The summed E-state index contributed by atoms with van der Waals surface area (Å²) >= 11 is 0. The number of likely N-dealkylation sites (N-methyl/N-ethyl adjacent to an activating group) is 1. The fraction of sp³-hybridized carbons (Fsp3) is 0.529. The number of hydrogen-bond donors (Lipinski definition) is 0. The van der Waals surface area contributed by atoms with Crippen LogP contribution in [-0.4, -0.2) is 60.7 Å². The number of alkyl halides is 2. The average molecular weight is 354 g/mol. The third-order valence-electron chi connectivity index (χ3n) is 4.65. The van der Waals surface area contributed by atoms with Gasteiger partial charge in [-0.1, -0.05) is 0 Å². The highest BCUT2D eigenvalue weighted by molar-refractivity contribution is 5.94. The molecule has 0 bridgehead atoms. The number of rotatable bonds is 3. The molecule has 0 unspecified atom stereocenters. The number of hydrogen-bond acceptors (Lipinski definition) is 4. The maximum absolute atomic E-state index is 12.6. The molecule has 0 radical (unpaired) electrons. The standard InChI is InChI=1S/C17H20F2N2O4/c1-20-11-17(25-16(20)23)7-2-9-21(10-8-17)14(22)12-3-5-13(6-4-12)24-15(18)19/h3-6,15H,2,7-11H2,1H3/t17-/m1/s1. The van der Waals surface area contributed by atoms with E-state index in [9.17, 15) is 18.4 Å². The zero-order valence-corrected chi connectivity index (χ0v) is 13.9. The van der Waals surface area contributed by atoms with Crippen molar-refractivity contribution in [3.8, 4) is 5.75 Å². The Morgan fingerprint density at radius 2 is 1.96 bits per heavy atom. The van der Waals surface area contributed by atoms with Crippen LogP contribution in [0, 0.1) is 0 Å². The molecule has 0 N–H and O–H groups in total. The van der Waals surface area contributed by atoms with Crippen molar-refractivity contribution < 1.29 is 27.8 Å². The quantitative estimate of drug-likeness (QED) is 0.837. The number of carbonyl (C=O) groups is 2. The van der Waals surface area contributed by atoms with Crippen LogP contribution in [0.25, 0.3) is 0 Å². The highest BCUT2D eigenvalue weighted by atomic mass is 19.3. The zero-order chi connectivity index (χ0) is 18.0. The van der Waals surface area contributed by atoms with E-state index < -0.39 is 12.2 Å². The summed E-state index contributed by atoms with van der Waals surface area (Å²) in [5, 5.41) is 0. The third kappa shape index (κ3) is 3.83. The van der Waals surface area contributed by atoms with Crippen LogP contribution in [0.1, 0.15) is 29.6 Å². The van der Waals surface area contributed by atoms with Gasteiger partial charge < -0.3 is 19.3 Å². The molecular weight excluding hydrogens is 334 g/mol. The number of halogens is 2. The predicted octanol–water partition coefficient (Wildman–Crippen LogP) is 2.73. The van der Waals surface area contributed by atoms with E-state index >= 15 is 0 Å². The monoisotopic (exact) mass is 354 g/mol. The highest BCUT2D eigenvalue weighted by Crippen LogP contribution is 2.33. The van der Waals surface area contributed by atoms with Crippen LogP contribution >= 0.6 is 0 Å². The number of benzene rings is 1. The van der Waals surface area contributed by atoms with Gasteiger partial charge in [0.15, 0.2) is 0 Å². The van der Waals surface area contributed by atoms with Gasteiger partial charge in [-0.2, -0.15) is 8.78 Å². The van der Waals surface area contributed by atoms with Gasteiger partial charge in [0.05, 0.1) is 6.54 Å². The number of amides is 2. The lowest BCUT2D eigenvalue weighted by molar-refractivity contribution is -0.0498. The smallest absolute Gasteiger partial charge is 0.410 e.